The van der Waals surface area contributed by atoms with Crippen LogP contribution in [0.1, 0.15) is 13.3 Å². The summed E-state index contributed by atoms with van der Waals surface area (Å²) in [5, 5.41) is 0. The fourth-order valence-corrected chi connectivity index (χ4v) is 3.26. The van der Waals surface area contributed by atoms with E-state index in [2.05, 4.69) is 0 Å². The van der Waals surface area contributed by atoms with Crippen LogP contribution in [0.2, 0.25) is 6.04 Å². The summed E-state index contributed by atoms with van der Waals surface area (Å²) in [6.07, 6.45) is 1.15. The lowest BCUT2D eigenvalue weighted by Gasteiger charge is -2.26. The maximum atomic E-state index is 5.60. The highest BCUT2D eigenvalue weighted by Crippen LogP contribution is 2.16. The van der Waals surface area contributed by atoms with Gasteiger partial charge >= 0.3 is 8.80 Å². The highest BCUT2D eigenvalue weighted by Gasteiger charge is 2.38. The van der Waals surface area contributed by atoms with Crippen molar-refractivity contribution in [2.24, 2.45) is 0 Å². The molecule has 0 aromatic rings. The van der Waals surface area contributed by atoms with Crippen LogP contribution in [0, 0.1) is 0 Å². The lowest BCUT2D eigenvalue weighted by atomic mass is 10.5. The van der Waals surface area contributed by atoms with Crippen LogP contribution in [0.15, 0.2) is 0 Å². The van der Waals surface area contributed by atoms with E-state index in [-0.39, 0.29) is 6.79 Å². The van der Waals surface area contributed by atoms with Crippen molar-refractivity contribution in [1.29, 1.82) is 0 Å². The third kappa shape index (κ3) is 6.23. The third-order valence-electron chi connectivity index (χ3n) is 2.67. The Labute approximate surface area is 110 Å². The Morgan fingerprint density at radius 3 is 2.50 bits per heavy atom. The van der Waals surface area contributed by atoms with E-state index in [1.165, 1.54) is 0 Å². The van der Waals surface area contributed by atoms with E-state index in [0.29, 0.717) is 25.9 Å². The van der Waals surface area contributed by atoms with Gasteiger partial charge in [-0.2, -0.15) is 0 Å². The molecule has 1 unspecified atom stereocenters. The summed E-state index contributed by atoms with van der Waals surface area (Å²) in [5.41, 5.74) is 0. The Morgan fingerprint density at radius 2 is 1.94 bits per heavy atom. The van der Waals surface area contributed by atoms with E-state index in [9.17, 15) is 0 Å². The van der Waals surface area contributed by atoms with E-state index < -0.39 is 8.80 Å². The van der Waals surface area contributed by atoms with Crippen molar-refractivity contribution in [3.63, 3.8) is 0 Å². The van der Waals surface area contributed by atoms with Crippen molar-refractivity contribution in [3.05, 3.63) is 0 Å². The average Bonchev–Trinajstić information content (AvgIpc) is 3.21. The molecule has 1 atom stereocenters. The van der Waals surface area contributed by atoms with Gasteiger partial charge in [0.15, 0.2) is 0 Å². The molecule has 0 amide bonds. The summed E-state index contributed by atoms with van der Waals surface area (Å²) in [5.74, 6) is 0. The van der Waals surface area contributed by atoms with Gasteiger partial charge in [-0.05, 0) is 13.3 Å². The van der Waals surface area contributed by atoms with Crippen molar-refractivity contribution in [1.82, 2.24) is 0 Å². The molecule has 6 nitrogen and oxygen atoms in total. The van der Waals surface area contributed by atoms with E-state index in [0.717, 1.165) is 19.1 Å². The van der Waals surface area contributed by atoms with Crippen LogP contribution in [0.4, 0.5) is 0 Å². The summed E-state index contributed by atoms with van der Waals surface area (Å²) in [6.45, 7) is 4.91. The van der Waals surface area contributed by atoms with E-state index in [1.807, 2.05) is 6.92 Å². The van der Waals surface area contributed by atoms with Gasteiger partial charge in [0.2, 0.25) is 0 Å². The standard InChI is InChI=1S/C11H24O6Si/c1-4-14-10-17-18(12-2,13-3)7-5-6-15-8-11-9-16-11/h11H,4-10H2,1-3H3. The van der Waals surface area contributed by atoms with Crippen LogP contribution in [0.25, 0.3) is 0 Å². The van der Waals surface area contributed by atoms with Crippen LogP contribution in [0.3, 0.4) is 0 Å². The molecule has 0 aliphatic carbocycles. The third-order valence-corrected chi connectivity index (χ3v) is 5.43. The van der Waals surface area contributed by atoms with Crippen molar-refractivity contribution in [2.75, 3.05) is 47.4 Å². The van der Waals surface area contributed by atoms with E-state index >= 15 is 0 Å². The summed E-state index contributed by atoms with van der Waals surface area (Å²) in [4.78, 5) is 0. The molecule has 0 spiro atoms. The Bertz CT molecular complexity index is 208. The Morgan fingerprint density at radius 1 is 1.22 bits per heavy atom. The molecule has 108 valence electrons. The zero-order valence-electron chi connectivity index (χ0n) is 11.5. The first-order valence-electron chi connectivity index (χ1n) is 6.27. The molecule has 1 saturated heterocycles. The summed E-state index contributed by atoms with van der Waals surface area (Å²) < 4.78 is 32.1. The monoisotopic (exact) mass is 280 g/mol. The number of hydrogen-bond acceptors (Lipinski definition) is 6. The smallest absolute Gasteiger partial charge is 0.379 e. The van der Waals surface area contributed by atoms with Crippen molar-refractivity contribution in [3.8, 4) is 0 Å². The van der Waals surface area contributed by atoms with Gasteiger partial charge in [0.05, 0.1) is 13.2 Å². The predicted molar refractivity (Wildman–Crippen MR) is 67.3 cm³/mol. The molecule has 0 N–H and O–H groups in total. The molecule has 1 fully saturated rings. The van der Waals surface area contributed by atoms with Crippen molar-refractivity contribution in [2.45, 2.75) is 25.5 Å². The van der Waals surface area contributed by atoms with Crippen molar-refractivity contribution >= 4 is 8.80 Å². The predicted octanol–water partition coefficient (Wildman–Crippen LogP) is 1.03. The topological polar surface area (TPSA) is 58.7 Å². The van der Waals surface area contributed by atoms with Crippen LogP contribution in [0.5, 0.6) is 0 Å². The molecule has 0 radical (unpaired) electrons. The molecule has 0 aromatic carbocycles. The van der Waals surface area contributed by atoms with Crippen molar-refractivity contribution < 1.29 is 27.5 Å². The minimum atomic E-state index is -2.58. The number of ether oxygens (including phenoxy) is 3. The van der Waals surface area contributed by atoms with Gasteiger partial charge in [0.25, 0.3) is 0 Å². The average molecular weight is 280 g/mol. The van der Waals surface area contributed by atoms with Gasteiger partial charge in [-0.1, -0.05) is 0 Å². The number of hydrogen-bond donors (Lipinski definition) is 0. The van der Waals surface area contributed by atoms with Crippen LogP contribution in [-0.2, 0) is 27.5 Å². The lowest BCUT2D eigenvalue weighted by Crippen LogP contribution is -2.44. The van der Waals surface area contributed by atoms with E-state index in [4.69, 9.17) is 27.5 Å². The second kappa shape index (κ2) is 8.97. The molecule has 7 heteroatoms. The Balaban J connectivity index is 2.13. The molecule has 1 aliphatic heterocycles. The minimum absolute atomic E-state index is 0.209. The van der Waals surface area contributed by atoms with Crippen LogP contribution in [-0.4, -0.2) is 62.3 Å². The zero-order chi connectivity index (χ0) is 13.3. The van der Waals surface area contributed by atoms with Gasteiger partial charge in [0.1, 0.15) is 12.9 Å². The van der Waals surface area contributed by atoms with E-state index in [1.54, 1.807) is 14.2 Å². The summed E-state index contributed by atoms with van der Waals surface area (Å²) in [7, 11) is 0.645. The first-order valence-corrected chi connectivity index (χ1v) is 8.21. The van der Waals surface area contributed by atoms with Crippen LogP contribution < -0.4 is 0 Å². The fraction of sp³-hybridized carbons (Fsp3) is 1.00. The zero-order valence-corrected chi connectivity index (χ0v) is 12.5. The Kier molecular flexibility index (Phi) is 7.99. The van der Waals surface area contributed by atoms with Gasteiger partial charge in [-0.25, -0.2) is 0 Å². The molecular weight excluding hydrogens is 256 g/mol. The molecule has 1 rings (SSSR count). The first kappa shape index (κ1) is 16.0. The molecule has 18 heavy (non-hydrogen) atoms. The maximum Gasteiger partial charge on any atom is 0.502 e. The molecule has 0 aromatic heterocycles. The molecular formula is C11H24O6Si. The Hall–Kier alpha value is -0.0231. The maximum absolute atomic E-state index is 5.60. The molecule has 0 saturated carbocycles. The summed E-state index contributed by atoms with van der Waals surface area (Å²) in [6, 6.07) is 0.721. The van der Waals surface area contributed by atoms with Crippen LogP contribution >= 0.6 is 0 Å². The fourth-order valence-electron chi connectivity index (χ4n) is 1.46. The first-order chi connectivity index (χ1) is 8.76. The second-order valence-electron chi connectivity index (χ2n) is 3.98. The number of rotatable bonds is 12. The summed E-state index contributed by atoms with van der Waals surface area (Å²) >= 11 is 0. The minimum Gasteiger partial charge on any atom is -0.379 e. The van der Waals surface area contributed by atoms with Gasteiger partial charge in [-0.15, -0.1) is 0 Å². The molecule has 1 heterocycles. The van der Waals surface area contributed by atoms with Gasteiger partial charge in [0, 0.05) is 33.5 Å². The largest absolute Gasteiger partial charge is 0.502 e. The highest BCUT2D eigenvalue weighted by molar-refractivity contribution is 6.60. The SMILES string of the molecule is CCOCO[Si](CCCOCC1CO1)(OC)OC. The lowest BCUT2D eigenvalue weighted by molar-refractivity contribution is -0.0292. The van der Waals surface area contributed by atoms with Gasteiger partial charge < -0.3 is 27.5 Å². The number of epoxide rings is 1. The molecule has 1 aliphatic rings. The normalized spacial score (nSPS) is 19.2. The highest BCUT2D eigenvalue weighted by atomic mass is 28.4. The second-order valence-corrected chi connectivity index (χ2v) is 6.95. The quantitative estimate of drug-likeness (QED) is 0.230. The molecule has 0 bridgehead atoms. The van der Waals surface area contributed by atoms with Gasteiger partial charge in [-0.3, -0.25) is 0 Å².